The maximum Gasteiger partial charge on any atom is 0.505 e. The molecule has 0 unspecified atom stereocenters. The van der Waals surface area contributed by atoms with Gasteiger partial charge in [-0.25, -0.2) is 0 Å². The second-order valence-corrected chi connectivity index (χ2v) is 1.84. The van der Waals surface area contributed by atoms with Gasteiger partial charge in [-0.3, -0.25) is 4.79 Å². The van der Waals surface area contributed by atoms with E-state index in [4.69, 9.17) is 10.0 Å². The Balaban J connectivity index is 3.07. The summed E-state index contributed by atoms with van der Waals surface area (Å²) in [4.78, 5) is 12.8. The van der Waals surface area contributed by atoms with E-state index in [0.717, 1.165) is 0 Å². The summed E-state index contributed by atoms with van der Waals surface area (Å²) < 4.78 is 0. The topological polar surface area (TPSA) is 73.3 Å². The summed E-state index contributed by atoms with van der Waals surface area (Å²) in [6.07, 6.45) is 0. The van der Waals surface area contributed by atoms with E-state index in [1.807, 2.05) is 0 Å². The zero-order valence-corrected chi connectivity index (χ0v) is 5.11. The highest BCUT2D eigenvalue weighted by Gasteiger charge is 2.09. The molecule has 52 valence electrons. The third-order valence-corrected chi connectivity index (χ3v) is 1.07. The molecule has 1 rings (SSSR count). The number of aromatic nitrogens is 1. The molecule has 1 aromatic heterocycles. The van der Waals surface area contributed by atoms with Gasteiger partial charge in [-0.15, -0.1) is 0 Å². The number of rotatable bonds is 1. The molecule has 3 N–H and O–H groups in total. The fourth-order valence-corrected chi connectivity index (χ4v) is 0.615. The van der Waals surface area contributed by atoms with Gasteiger partial charge in [-0.2, -0.15) is 0 Å². The maximum absolute atomic E-state index is 10.5. The van der Waals surface area contributed by atoms with Crippen molar-refractivity contribution in [2.75, 3.05) is 0 Å². The van der Waals surface area contributed by atoms with Crippen LogP contribution in [0.3, 0.4) is 0 Å². The summed E-state index contributed by atoms with van der Waals surface area (Å²) in [6.45, 7) is 0. The average Bonchev–Trinajstić information content (AvgIpc) is 1.88. The molecule has 0 amide bonds. The fraction of sp³-hybridized carbons (Fsp3) is 0. The van der Waals surface area contributed by atoms with Gasteiger partial charge in [0.2, 0.25) is 5.56 Å². The van der Waals surface area contributed by atoms with Crippen LogP contribution in [0.1, 0.15) is 0 Å². The zero-order valence-electron chi connectivity index (χ0n) is 5.11. The summed E-state index contributed by atoms with van der Waals surface area (Å²) >= 11 is 0. The molecule has 0 aliphatic rings. The van der Waals surface area contributed by atoms with Crippen LogP contribution in [0.4, 0.5) is 0 Å². The van der Waals surface area contributed by atoms with Crippen LogP contribution in [-0.4, -0.2) is 22.2 Å². The van der Waals surface area contributed by atoms with E-state index in [1.165, 1.54) is 18.2 Å². The highest BCUT2D eigenvalue weighted by molar-refractivity contribution is 6.57. The lowest BCUT2D eigenvalue weighted by atomic mass is 9.86. The van der Waals surface area contributed by atoms with Crippen molar-refractivity contribution in [1.29, 1.82) is 0 Å². The minimum absolute atomic E-state index is 0.104. The minimum Gasteiger partial charge on any atom is -0.422 e. The van der Waals surface area contributed by atoms with Gasteiger partial charge in [-0.1, -0.05) is 6.07 Å². The van der Waals surface area contributed by atoms with E-state index < -0.39 is 7.12 Å². The number of pyridine rings is 1. The van der Waals surface area contributed by atoms with Gasteiger partial charge >= 0.3 is 7.12 Å². The van der Waals surface area contributed by atoms with Crippen molar-refractivity contribution in [3.63, 3.8) is 0 Å². The first-order valence-electron chi connectivity index (χ1n) is 2.75. The van der Waals surface area contributed by atoms with Crippen molar-refractivity contribution in [3.05, 3.63) is 28.6 Å². The van der Waals surface area contributed by atoms with Gasteiger partial charge in [-0.05, 0) is 6.07 Å². The van der Waals surface area contributed by atoms with Crippen molar-refractivity contribution in [3.8, 4) is 0 Å². The van der Waals surface area contributed by atoms with Gasteiger partial charge in [0.15, 0.2) is 0 Å². The molecule has 4 nitrogen and oxygen atoms in total. The Bertz CT molecular complexity index is 270. The van der Waals surface area contributed by atoms with Crippen LogP contribution in [0.5, 0.6) is 0 Å². The minimum atomic E-state index is -1.60. The number of H-pyrrole nitrogens is 1. The smallest absolute Gasteiger partial charge is 0.422 e. The van der Waals surface area contributed by atoms with Crippen molar-refractivity contribution in [2.24, 2.45) is 0 Å². The number of aromatic amines is 1. The van der Waals surface area contributed by atoms with Crippen LogP contribution in [0.15, 0.2) is 23.0 Å². The molecule has 0 bridgehead atoms. The molecule has 10 heavy (non-hydrogen) atoms. The van der Waals surface area contributed by atoms with Gasteiger partial charge in [0.25, 0.3) is 0 Å². The van der Waals surface area contributed by atoms with Crippen molar-refractivity contribution >= 4 is 12.7 Å². The van der Waals surface area contributed by atoms with Crippen molar-refractivity contribution < 1.29 is 10.0 Å². The monoisotopic (exact) mass is 139 g/mol. The van der Waals surface area contributed by atoms with Gasteiger partial charge in [0, 0.05) is 11.7 Å². The molecule has 1 aromatic rings. The van der Waals surface area contributed by atoms with E-state index >= 15 is 0 Å². The van der Waals surface area contributed by atoms with Gasteiger partial charge in [0.1, 0.15) is 0 Å². The molecule has 0 fully saturated rings. The van der Waals surface area contributed by atoms with E-state index in [1.54, 1.807) is 0 Å². The van der Waals surface area contributed by atoms with Crippen molar-refractivity contribution in [1.82, 2.24) is 4.98 Å². The Kier molecular flexibility index (Phi) is 1.89. The third kappa shape index (κ3) is 1.46. The largest absolute Gasteiger partial charge is 0.505 e. The molecule has 0 aliphatic heterocycles. The van der Waals surface area contributed by atoms with Crippen LogP contribution in [0.25, 0.3) is 0 Å². The normalized spacial score (nSPS) is 9.40. The second-order valence-electron chi connectivity index (χ2n) is 1.84. The average molecular weight is 139 g/mol. The molecule has 1 heterocycles. The quantitative estimate of drug-likeness (QED) is 0.396. The first kappa shape index (κ1) is 7.05. The molecule has 0 spiro atoms. The predicted molar refractivity (Wildman–Crippen MR) is 36.9 cm³/mol. The summed E-state index contributed by atoms with van der Waals surface area (Å²) in [7, 11) is -1.60. The Morgan fingerprint density at radius 3 is 2.50 bits per heavy atom. The van der Waals surface area contributed by atoms with Crippen LogP contribution >= 0.6 is 0 Å². The molecule has 0 radical (unpaired) electrons. The molecular weight excluding hydrogens is 133 g/mol. The van der Waals surface area contributed by atoms with E-state index in [0.29, 0.717) is 0 Å². The molecule has 0 saturated carbocycles. The Hall–Kier alpha value is -1.07. The summed E-state index contributed by atoms with van der Waals surface area (Å²) in [5.74, 6) is 0. The highest BCUT2D eigenvalue weighted by Crippen LogP contribution is 1.71. The first-order valence-corrected chi connectivity index (χ1v) is 2.75. The van der Waals surface area contributed by atoms with Crippen molar-refractivity contribution in [2.45, 2.75) is 0 Å². The Morgan fingerprint density at radius 1 is 1.40 bits per heavy atom. The standard InChI is InChI=1S/C5H6BNO3/c8-5-3-1-2-4(7-5)6(9)10/h1-3,9-10H,(H,7,8). The molecular formula is C5H6BNO3. The number of hydrogen-bond donors (Lipinski definition) is 3. The summed E-state index contributed by atoms with van der Waals surface area (Å²) in [5, 5.41) is 17.1. The van der Waals surface area contributed by atoms with Gasteiger partial charge < -0.3 is 15.0 Å². The first-order chi connectivity index (χ1) is 4.70. The van der Waals surface area contributed by atoms with Gasteiger partial charge in [0.05, 0.1) is 0 Å². The summed E-state index contributed by atoms with van der Waals surface area (Å²) in [5.41, 5.74) is -0.238. The van der Waals surface area contributed by atoms with E-state index in [2.05, 4.69) is 4.98 Å². The maximum atomic E-state index is 10.5. The zero-order chi connectivity index (χ0) is 7.56. The molecule has 0 atom stereocenters. The number of nitrogens with one attached hydrogen (secondary N) is 1. The lowest BCUT2D eigenvalue weighted by Crippen LogP contribution is -2.35. The lowest BCUT2D eigenvalue weighted by Gasteiger charge is -1.95. The second kappa shape index (κ2) is 2.68. The Morgan fingerprint density at radius 2 is 2.10 bits per heavy atom. The SMILES string of the molecule is O=c1cccc(B(O)O)[nH]1. The third-order valence-electron chi connectivity index (χ3n) is 1.07. The molecule has 0 aromatic carbocycles. The molecule has 0 aliphatic carbocycles. The van der Waals surface area contributed by atoms with E-state index in [9.17, 15) is 4.79 Å². The van der Waals surface area contributed by atoms with Crippen LogP contribution in [0, 0.1) is 0 Å². The number of hydrogen-bond acceptors (Lipinski definition) is 3. The van der Waals surface area contributed by atoms with E-state index in [-0.39, 0.29) is 11.2 Å². The molecule has 0 saturated heterocycles. The Labute approximate surface area is 57.3 Å². The summed E-state index contributed by atoms with van der Waals surface area (Å²) in [6, 6.07) is 4.17. The predicted octanol–water partition coefficient (Wildman–Crippen LogP) is -1.95. The molecule has 5 heteroatoms. The van der Waals surface area contributed by atoms with Crippen LogP contribution in [0.2, 0.25) is 0 Å². The van der Waals surface area contributed by atoms with Crippen LogP contribution < -0.4 is 11.2 Å². The van der Waals surface area contributed by atoms with Crippen LogP contribution in [-0.2, 0) is 0 Å². The fourth-order valence-electron chi connectivity index (χ4n) is 0.615. The lowest BCUT2D eigenvalue weighted by molar-refractivity contribution is 0.424. The highest BCUT2D eigenvalue weighted by atomic mass is 16.4.